The van der Waals surface area contributed by atoms with Gasteiger partial charge in [-0.2, -0.15) is 4.99 Å². The van der Waals surface area contributed by atoms with Crippen molar-refractivity contribution in [1.29, 1.82) is 0 Å². The molecule has 1 fully saturated rings. The van der Waals surface area contributed by atoms with Gasteiger partial charge in [-0.1, -0.05) is 50.2 Å². The Hall–Kier alpha value is -4.71. The predicted molar refractivity (Wildman–Crippen MR) is 166 cm³/mol. The zero-order valence-corrected chi connectivity index (χ0v) is 25.9. The number of urea groups is 1. The number of amides is 2. The van der Waals surface area contributed by atoms with E-state index in [2.05, 4.69) is 68.7 Å². The van der Waals surface area contributed by atoms with Crippen molar-refractivity contribution in [3.8, 4) is 28.5 Å². The van der Waals surface area contributed by atoms with Crippen molar-refractivity contribution in [2.24, 2.45) is 4.99 Å². The number of nitrogens with zero attached hydrogens (tertiary/aromatic N) is 5. The monoisotopic (exact) mass is 632 g/mol. The molecule has 0 spiro atoms. The third-order valence-corrected chi connectivity index (χ3v) is 8.59. The van der Waals surface area contributed by atoms with Crippen molar-refractivity contribution in [2.75, 3.05) is 0 Å². The number of ether oxygens (including phenoxy) is 1. The smallest absolute Gasteiger partial charge is 0.406 e. The topological polar surface area (TPSA) is 86.3 Å². The number of thiazole rings is 1. The Kier molecular flexibility index (Phi) is 8.08. The Morgan fingerprint density at radius 2 is 1.80 bits per heavy atom. The van der Waals surface area contributed by atoms with Crippen LogP contribution in [0.5, 0.6) is 5.75 Å². The fraction of sp³-hybridized carbons (Fsp3) is 0.273. The minimum Gasteiger partial charge on any atom is -0.406 e. The summed E-state index contributed by atoms with van der Waals surface area (Å²) < 4.78 is 44.8. The van der Waals surface area contributed by atoms with Crippen molar-refractivity contribution >= 4 is 17.4 Å². The van der Waals surface area contributed by atoms with E-state index in [1.54, 1.807) is 0 Å². The standard InChI is InChI=1S/C33H31F3N6O2S/c1-19(2)26-14-5-20(3)15-29(26)42-21(4)17-45-32(42)39-31(43)38-28-16-27(28)22-6-8-23(9-7-22)30-37-18-41(40-30)24-10-12-25(13-11-24)44-33(34,35)36/h5-15,17-19,27-28H,16H2,1-4H3,(H,38,43)/b39-32-. The molecule has 2 unspecified atom stereocenters. The van der Waals surface area contributed by atoms with Crippen molar-refractivity contribution in [2.45, 2.75) is 58.4 Å². The lowest BCUT2D eigenvalue weighted by Crippen LogP contribution is -2.27. The average molecular weight is 633 g/mol. The molecule has 12 heteroatoms. The van der Waals surface area contributed by atoms with Crippen LogP contribution in [0.1, 0.15) is 54.5 Å². The number of benzene rings is 3. The molecule has 45 heavy (non-hydrogen) atoms. The minimum absolute atomic E-state index is 0.00608. The highest BCUT2D eigenvalue weighted by molar-refractivity contribution is 7.07. The summed E-state index contributed by atoms with van der Waals surface area (Å²) in [5.41, 5.74) is 6.85. The molecular formula is C33H31F3N6O2S. The number of hydrogen-bond donors (Lipinski definition) is 1. The molecule has 0 saturated heterocycles. The first-order valence-corrected chi connectivity index (χ1v) is 15.3. The Bertz CT molecular complexity index is 1910. The van der Waals surface area contributed by atoms with E-state index in [9.17, 15) is 18.0 Å². The van der Waals surface area contributed by atoms with Crippen LogP contribution in [0.2, 0.25) is 0 Å². The largest absolute Gasteiger partial charge is 0.573 e. The first-order chi connectivity index (χ1) is 21.4. The van der Waals surface area contributed by atoms with E-state index in [-0.39, 0.29) is 23.7 Å². The third kappa shape index (κ3) is 6.85. The van der Waals surface area contributed by atoms with Gasteiger partial charge in [-0.15, -0.1) is 29.6 Å². The van der Waals surface area contributed by atoms with Crippen molar-refractivity contribution in [1.82, 2.24) is 24.6 Å². The van der Waals surface area contributed by atoms with Gasteiger partial charge in [0.15, 0.2) is 10.6 Å². The molecule has 0 radical (unpaired) electrons. The molecule has 2 aromatic heterocycles. The van der Waals surface area contributed by atoms with E-state index in [4.69, 9.17) is 0 Å². The zero-order valence-electron chi connectivity index (χ0n) is 25.0. The highest BCUT2D eigenvalue weighted by Gasteiger charge is 2.39. The molecule has 2 amide bonds. The molecule has 232 valence electrons. The summed E-state index contributed by atoms with van der Waals surface area (Å²) in [4.78, 5) is 22.4. The summed E-state index contributed by atoms with van der Waals surface area (Å²) in [7, 11) is 0. The molecule has 3 aromatic carbocycles. The molecule has 1 N–H and O–H groups in total. The first-order valence-electron chi connectivity index (χ1n) is 14.5. The predicted octanol–water partition coefficient (Wildman–Crippen LogP) is 7.59. The number of nitrogens with one attached hydrogen (secondary N) is 1. The van der Waals surface area contributed by atoms with Crippen LogP contribution in [0, 0.1) is 13.8 Å². The highest BCUT2D eigenvalue weighted by atomic mass is 32.1. The quantitative estimate of drug-likeness (QED) is 0.200. The minimum atomic E-state index is -4.75. The first kappa shape index (κ1) is 30.3. The Morgan fingerprint density at radius 3 is 2.49 bits per heavy atom. The van der Waals surface area contributed by atoms with Gasteiger partial charge in [0.25, 0.3) is 0 Å². The third-order valence-electron chi connectivity index (χ3n) is 7.65. The SMILES string of the molecule is Cc1ccc(C(C)C)c(-n2c(C)cs/c2=N\C(=O)NC2CC2c2ccc(-c3ncn(-c4ccc(OC(F)(F)F)cc4)n3)cc2)c1. The second-order valence-corrected chi connectivity index (χ2v) is 12.2. The van der Waals surface area contributed by atoms with E-state index in [1.807, 2.05) is 36.6 Å². The van der Waals surface area contributed by atoms with Crippen LogP contribution in [-0.2, 0) is 0 Å². The molecule has 1 saturated carbocycles. The molecule has 1 aliphatic carbocycles. The summed E-state index contributed by atoms with van der Waals surface area (Å²) in [5, 5.41) is 9.54. The van der Waals surface area contributed by atoms with Gasteiger partial charge in [0, 0.05) is 28.6 Å². The van der Waals surface area contributed by atoms with Crippen LogP contribution in [0.15, 0.2) is 83.4 Å². The Morgan fingerprint density at radius 1 is 1.07 bits per heavy atom. The number of aromatic nitrogens is 4. The molecule has 0 aliphatic heterocycles. The van der Waals surface area contributed by atoms with Gasteiger partial charge in [-0.3, -0.25) is 4.57 Å². The van der Waals surface area contributed by atoms with E-state index >= 15 is 0 Å². The second kappa shape index (κ2) is 12.0. The second-order valence-electron chi connectivity index (χ2n) is 11.4. The number of halogens is 3. The zero-order chi connectivity index (χ0) is 31.9. The molecule has 8 nitrogen and oxygen atoms in total. The normalized spacial score (nSPS) is 16.7. The summed E-state index contributed by atoms with van der Waals surface area (Å²) in [5.74, 6) is 0.674. The summed E-state index contributed by atoms with van der Waals surface area (Å²) in [6.07, 6.45) is -2.43. The van der Waals surface area contributed by atoms with E-state index < -0.39 is 6.36 Å². The molecular weight excluding hydrogens is 601 g/mol. The number of aryl methyl sites for hydroxylation is 2. The fourth-order valence-electron chi connectivity index (χ4n) is 5.30. The van der Waals surface area contributed by atoms with Gasteiger partial charge in [0.2, 0.25) is 0 Å². The van der Waals surface area contributed by atoms with Crippen LogP contribution < -0.4 is 14.9 Å². The molecule has 0 bridgehead atoms. The van der Waals surface area contributed by atoms with Crippen LogP contribution in [0.4, 0.5) is 18.0 Å². The molecule has 2 heterocycles. The van der Waals surface area contributed by atoms with Crippen LogP contribution in [0.3, 0.4) is 0 Å². The van der Waals surface area contributed by atoms with Gasteiger partial charge < -0.3 is 10.1 Å². The van der Waals surface area contributed by atoms with E-state index in [1.165, 1.54) is 52.2 Å². The van der Waals surface area contributed by atoms with Crippen molar-refractivity contribution in [3.05, 3.63) is 106 Å². The maximum absolute atomic E-state index is 13.0. The number of carbonyl (C=O) groups excluding carboxylic acids is 1. The van der Waals surface area contributed by atoms with Gasteiger partial charge in [0.1, 0.15) is 12.1 Å². The lowest BCUT2D eigenvalue weighted by atomic mass is 9.99. The van der Waals surface area contributed by atoms with Crippen LogP contribution >= 0.6 is 11.3 Å². The lowest BCUT2D eigenvalue weighted by molar-refractivity contribution is -0.274. The summed E-state index contributed by atoms with van der Waals surface area (Å²) in [6.45, 7) is 8.40. The highest BCUT2D eigenvalue weighted by Crippen LogP contribution is 2.41. The van der Waals surface area contributed by atoms with Crippen LogP contribution in [0.25, 0.3) is 22.8 Å². The van der Waals surface area contributed by atoms with Gasteiger partial charge in [-0.25, -0.2) is 14.5 Å². The van der Waals surface area contributed by atoms with Gasteiger partial charge >= 0.3 is 12.4 Å². The number of hydrogen-bond acceptors (Lipinski definition) is 5. The molecule has 1 aliphatic rings. The summed E-state index contributed by atoms with van der Waals surface area (Å²) in [6, 6.07) is 19.2. The number of alkyl halides is 3. The average Bonchev–Trinajstić information content (AvgIpc) is 3.38. The summed E-state index contributed by atoms with van der Waals surface area (Å²) >= 11 is 1.45. The maximum atomic E-state index is 13.0. The maximum Gasteiger partial charge on any atom is 0.573 e. The molecule has 2 atom stereocenters. The lowest BCUT2D eigenvalue weighted by Gasteiger charge is -2.16. The van der Waals surface area contributed by atoms with Gasteiger partial charge in [-0.05, 0) is 73.2 Å². The van der Waals surface area contributed by atoms with Crippen LogP contribution in [-0.4, -0.2) is 37.8 Å². The molecule has 6 rings (SSSR count). The Labute approximate surface area is 261 Å². The molecule has 5 aromatic rings. The van der Waals surface area contributed by atoms with Gasteiger partial charge in [0.05, 0.1) is 11.4 Å². The van der Waals surface area contributed by atoms with Crippen molar-refractivity contribution in [3.63, 3.8) is 0 Å². The van der Waals surface area contributed by atoms with E-state index in [0.717, 1.165) is 34.5 Å². The Balaban J connectivity index is 1.11. The fourth-order valence-corrected chi connectivity index (χ4v) is 6.16. The van der Waals surface area contributed by atoms with Crippen molar-refractivity contribution < 1.29 is 22.7 Å². The number of rotatable bonds is 7. The van der Waals surface area contributed by atoms with E-state index in [0.29, 0.717) is 22.2 Å². The number of carbonyl (C=O) groups is 1.